The average molecular weight is 332 g/mol. The zero-order chi connectivity index (χ0) is 16.2. The van der Waals surface area contributed by atoms with Gasteiger partial charge in [-0.15, -0.1) is 0 Å². The average Bonchev–Trinajstić information content (AvgIpc) is 3.03. The summed E-state index contributed by atoms with van der Waals surface area (Å²) in [5.41, 5.74) is 1.66. The Morgan fingerprint density at radius 2 is 2.04 bits per heavy atom. The fourth-order valence-electron chi connectivity index (χ4n) is 2.88. The van der Waals surface area contributed by atoms with Gasteiger partial charge in [0.25, 0.3) is 0 Å². The number of halogens is 1. The van der Waals surface area contributed by atoms with E-state index in [1.807, 2.05) is 24.3 Å². The number of pyridine rings is 1. The quantitative estimate of drug-likeness (QED) is 0.885. The standard InChI is InChI=1S/C18H18ClNO3/c19-13-8-9-17(23-15-5-1-2-6-15)12(10-13)11-14-4-3-7-16(20-14)18(21)22/h3-4,7-10,15H,1-2,5-6,11H2,(H,21,22). The first-order chi connectivity index (χ1) is 11.1. The summed E-state index contributed by atoms with van der Waals surface area (Å²) in [5.74, 6) is -0.218. The minimum Gasteiger partial charge on any atom is -0.490 e. The van der Waals surface area contributed by atoms with Crippen molar-refractivity contribution in [3.8, 4) is 5.75 Å². The summed E-state index contributed by atoms with van der Waals surface area (Å²) in [6.07, 6.45) is 5.31. The predicted octanol–water partition coefficient (Wildman–Crippen LogP) is 4.35. The smallest absolute Gasteiger partial charge is 0.354 e. The minimum absolute atomic E-state index is 0.0442. The molecule has 4 nitrogen and oxygen atoms in total. The molecule has 0 aliphatic heterocycles. The fraction of sp³-hybridized carbons (Fsp3) is 0.333. The van der Waals surface area contributed by atoms with Crippen LogP contribution in [-0.2, 0) is 6.42 Å². The Morgan fingerprint density at radius 1 is 1.26 bits per heavy atom. The van der Waals surface area contributed by atoms with Crippen LogP contribution in [0.5, 0.6) is 5.75 Å². The lowest BCUT2D eigenvalue weighted by molar-refractivity contribution is 0.0690. The molecular weight excluding hydrogens is 314 g/mol. The molecular formula is C18H18ClNO3. The number of carboxylic acids is 1. The van der Waals surface area contributed by atoms with E-state index < -0.39 is 5.97 Å². The van der Waals surface area contributed by atoms with Crippen molar-refractivity contribution in [1.29, 1.82) is 0 Å². The largest absolute Gasteiger partial charge is 0.490 e. The molecule has 1 aliphatic rings. The van der Waals surface area contributed by atoms with E-state index in [4.69, 9.17) is 21.4 Å². The maximum atomic E-state index is 11.0. The Hall–Kier alpha value is -2.07. The highest BCUT2D eigenvalue weighted by molar-refractivity contribution is 6.30. The van der Waals surface area contributed by atoms with Crippen molar-refractivity contribution in [2.75, 3.05) is 0 Å². The number of hydrogen-bond acceptors (Lipinski definition) is 3. The second kappa shape index (κ2) is 7.01. The summed E-state index contributed by atoms with van der Waals surface area (Å²) in [6, 6.07) is 10.6. The highest BCUT2D eigenvalue weighted by Gasteiger charge is 2.18. The van der Waals surface area contributed by atoms with Crippen LogP contribution in [0.15, 0.2) is 36.4 Å². The second-order valence-electron chi connectivity index (χ2n) is 5.77. The topological polar surface area (TPSA) is 59.4 Å². The van der Waals surface area contributed by atoms with Crippen molar-refractivity contribution in [2.24, 2.45) is 0 Å². The molecule has 1 saturated carbocycles. The third-order valence-corrected chi connectivity index (χ3v) is 4.25. The van der Waals surface area contributed by atoms with Gasteiger partial charge in [0.1, 0.15) is 11.4 Å². The normalized spacial score (nSPS) is 14.8. The summed E-state index contributed by atoms with van der Waals surface area (Å²) in [5, 5.41) is 9.69. The third kappa shape index (κ3) is 4.02. The molecule has 0 spiro atoms. The monoisotopic (exact) mass is 331 g/mol. The lowest BCUT2D eigenvalue weighted by Gasteiger charge is -2.17. The molecule has 0 radical (unpaired) electrons. The molecule has 1 aromatic heterocycles. The van der Waals surface area contributed by atoms with E-state index in [0.29, 0.717) is 17.1 Å². The molecule has 0 atom stereocenters. The fourth-order valence-corrected chi connectivity index (χ4v) is 3.07. The molecule has 120 valence electrons. The molecule has 0 unspecified atom stereocenters. The van der Waals surface area contributed by atoms with Crippen LogP contribution in [-0.4, -0.2) is 22.2 Å². The molecule has 1 heterocycles. The van der Waals surface area contributed by atoms with Crippen LogP contribution in [0.1, 0.15) is 47.4 Å². The van der Waals surface area contributed by atoms with Crippen LogP contribution in [0.3, 0.4) is 0 Å². The summed E-state index contributed by atoms with van der Waals surface area (Å²) < 4.78 is 6.11. The highest BCUT2D eigenvalue weighted by Crippen LogP contribution is 2.29. The van der Waals surface area contributed by atoms with E-state index >= 15 is 0 Å². The van der Waals surface area contributed by atoms with Gasteiger partial charge >= 0.3 is 5.97 Å². The van der Waals surface area contributed by atoms with Gasteiger partial charge in [-0.25, -0.2) is 9.78 Å². The molecule has 1 fully saturated rings. The van der Waals surface area contributed by atoms with Crippen molar-refractivity contribution >= 4 is 17.6 Å². The van der Waals surface area contributed by atoms with Gasteiger partial charge in [0.15, 0.2) is 0 Å². The van der Waals surface area contributed by atoms with Crippen molar-refractivity contribution in [1.82, 2.24) is 4.98 Å². The summed E-state index contributed by atoms with van der Waals surface area (Å²) in [6.45, 7) is 0. The molecule has 0 bridgehead atoms. The molecule has 5 heteroatoms. The van der Waals surface area contributed by atoms with Gasteiger partial charge in [-0.1, -0.05) is 17.7 Å². The zero-order valence-corrected chi connectivity index (χ0v) is 13.4. The summed E-state index contributed by atoms with van der Waals surface area (Å²) >= 11 is 6.11. The molecule has 1 aromatic carbocycles. The van der Waals surface area contributed by atoms with Gasteiger partial charge < -0.3 is 9.84 Å². The lowest BCUT2D eigenvalue weighted by Crippen LogP contribution is -2.12. The van der Waals surface area contributed by atoms with Crippen molar-refractivity contribution in [3.05, 3.63) is 58.4 Å². The van der Waals surface area contributed by atoms with Crippen LogP contribution < -0.4 is 4.74 Å². The molecule has 1 N–H and O–H groups in total. The molecule has 0 amide bonds. The van der Waals surface area contributed by atoms with E-state index in [1.54, 1.807) is 6.07 Å². The Balaban J connectivity index is 1.84. The Kier molecular flexibility index (Phi) is 4.82. The van der Waals surface area contributed by atoms with Gasteiger partial charge in [0.2, 0.25) is 0 Å². The number of ether oxygens (including phenoxy) is 1. The van der Waals surface area contributed by atoms with Crippen molar-refractivity contribution in [3.63, 3.8) is 0 Å². The highest BCUT2D eigenvalue weighted by atomic mass is 35.5. The van der Waals surface area contributed by atoms with Crippen LogP contribution in [0, 0.1) is 0 Å². The van der Waals surface area contributed by atoms with E-state index in [1.165, 1.54) is 18.9 Å². The second-order valence-corrected chi connectivity index (χ2v) is 6.21. The van der Waals surface area contributed by atoms with Crippen LogP contribution in [0.2, 0.25) is 5.02 Å². The Bertz CT molecular complexity index is 711. The third-order valence-electron chi connectivity index (χ3n) is 4.02. The number of rotatable bonds is 5. The minimum atomic E-state index is -1.03. The molecule has 3 rings (SSSR count). The van der Waals surface area contributed by atoms with Crippen LogP contribution in [0.4, 0.5) is 0 Å². The number of hydrogen-bond donors (Lipinski definition) is 1. The number of carboxylic acid groups (broad SMARTS) is 1. The first-order valence-electron chi connectivity index (χ1n) is 7.76. The van der Waals surface area contributed by atoms with E-state index in [9.17, 15) is 4.79 Å². The first kappa shape index (κ1) is 15.8. The Labute approximate surface area is 140 Å². The van der Waals surface area contributed by atoms with Crippen LogP contribution >= 0.6 is 11.6 Å². The predicted molar refractivity (Wildman–Crippen MR) is 88.3 cm³/mol. The number of benzene rings is 1. The number of nitrogens with zero attached hydrogens (tertiary/aromatic N) is 1. The van der Waals surface area contributed by atoms with Crippen molar-refractivity contribution < 1.29 is 14.6 Å². The van der Waals surface area contributed by atoms with Gasteiger partial charge in [-0.05, 0) is 56.0 Å². The van der Waals surface area contributed by atoms with E-state index in [2.05, 4.69) is 4.98 Å². The van der Waals surface area contributed by atoms with E-state index in [0.717, 1.165) is 24.2 Å². The lowest BCUT2D eigenvalue weighted by atomic mass is 10.1. The number of aromatic nitrogens is 1. The molecule has 0 saturated heterocycles. The zero-order valence-electron chi connectivity index (χ0n) is 12.7. The van der Waals surface area contributed by atoms with Crippen LogP contribution in [0.25, 0.3) is 0 Å². The molecule has 1 aliphatic carbocycles. The number of carbonyl (C=O) groups is 1. The van der Waals surface area contributed by atoms with Crippen molar-refractivity contribution in [2.45, 2.75) is 38.2 Å². The van der Waals surface area contributed by atoms with Gasteiger partial charge in [-0.3, -0.25) is 0 Å². The number of aromatic carboxylic acids is 1. The SMILES string of the molecule is O=C(O)c1cccc(Cc2cc(Cl)ccc2OC2CCCC2)n1. The molecule has 23 heavy (non-hydrogen) atoms. The summed E-state index contributed by atoms with van der Waals surface area (Å²) in [4.78, 5) is 15.2. The van der Waals surface area contributed by atoms with Gasteiger partial charge in [0.05, 0.1) is 6.10 Å². The summed E-state index contributed by atoms with van der Waals surface area (Å²) in [7, 11) is 0. The van der Waals surface area contributed by atoms with Gasteiger partial charge in [-0.2, -0.15) is 0 Å². The Morgan fingerprint density at radius 3 is 2.78 bits per heavy atom. The van der Waals surface area contributed by atoms with Gasteiger partial charge in [0, 0.05) is 22.7 Å². The van der Waals surface area contributed by atoms with E-state index in [-0.39, 0.29) is 11.8 Å². The molecule has 2 aromatic rings. The first-order valence-corrected chi connectivity index (χ1v) is 8.14. The maximum absolute atomic E-state index is 11.0. The maximum Gasteiger partial charge on any atom is 0.354 e.